The zero-order chi connectivity index (χ0) is 16.4. The maximum Gasteiger partial charge on any atom is 0.275 e. The van der Waals surface area contributed by atoms with Crippen LogP contribution in [-0.2, 0) is 0 Å². The zero-order valence-corrected chi connectivity index (χ0v) is 12.8. The normalized spacial score (nSPS) is 11.2. The Kier molecular flexibility index (Phi) is 3.85. The van der Waals surface area contributed by atoms with Crippen molar-refractivity contribution in [2.75, 3.05) is 0 Å². The first-order chi connectivity index (χ1) is 11.1. The summed E-state index contributed by atoms with van der Waals surface area (Å²) < 4.78 is 5.29. The van der Waals surface area contributed by atoms with E-state index in [9.17, 15) is 9.90 Å². The van der Waals surface area contributed by atoms with E-state index in [0.29, 0.717) is 11.0 Å². The fourth-order valence-corrected chi connectivity index (χ4v) is 2.42. The Bertz CT molecular complexity index is 910. The van der Waals surface area contributed by atoms with Gasteiger partial charge in [0, 0.05) is 0 Å². The van der Waals surface area contributed by atoms with E-state index < -0.39 is 5.91 Å². The third-order valence-corrected chi connectivity index (χ3v) is 3.56. The van der Waals surface area contributed by atoms with E-state index in [1.54, 1.807) is 18.5 Å². The number of carbonyl (C=O) groups excluding carboxylic acids is 1. The Morgan fingerprint density at radius 3 is 2.87 bits per heavy atom. The first kappa shape index (κ1) is 14.8. The first-order valence-electron chi connectivity index (χ1n) is 7.16. The topological polar surface area (TPSA) is 74.8 Å². The number of fused-ring (bicyclic) bond motifs is 1. The standard InChI is InChI=1S/C18H16N2O3/c1-11-4-3-5-13(8-11)9-19-20-18(22)14-6-7-15-16(17(14)21)12(2)10-23-15/h3-10,21H,1-2H3,(H,20,22)/b19-9+. The van der Waals surface area contributed by atoms with E-state index in [-0.39, 0.29) is 11.3 Å². The lowest BCUT2D eigenvalue weighted by Gasteiger charge is -2.04. The first-order valence-corrected chi connectivity index (χ1v) is 7.16. The van der Waals surface area contributed by atoms with Crippen molar-refractivity contribution in [3.05, 3.63) is 64.9 Å². The minimum absolute atomic E-state index is 0.1000. The van der Waals surface area contributed by atoms with Crippen LogP contribution in [0.5, 0.6) is 5.75 Å². The van der Waals surface area contributed by atoms with Gasteiger partial charge < -0.3 is 9.52 Å². The summed E-state index contributed by atoms with van der Waals surface area (Å²) in [5.41, 5.74) is 5.89. The Hall–Kier alpha value is -3.08. The van der Waals surface area contributed by atoms with Crippen molar-refractivity contribution < 1.29 is 14.3 Å². The Balaban J connectivity index is 1.81. The molecule has 5 nitrogen and oxygen atoms in total. The summed E-state index contributed by atoms with van der Waals surface area (Å²) in [4.78, 5) is 12.2. The number of furan rings is 1. The molecule has 0 atom stereocenters. The van der Waals surface area contributed by atoms with E-state index in [4.69, 9.17) is 4.42 Å². The maximum absolute atomic E-state index is 12.2. The van der Waals surface area contributed by atoms with E-state index in [1.165, 1.54) is 6.07 Å². The number of hydrazone groups is 1. The molecule has 23 heavy (non-hydrogen) atoms. The van der Waals surface area contributed by atoms with Crippen LogP contribution in [-0.4, -0.2) is 17.2 Å². The molecular formula is C18H16N2O3. The number of benzene rings is 2. The summed E-state index contributed by atoms with van der Waals surface area (Å²) in [5, 5.41) is 14.7. The van der Waals surface area contributed by atoms with Crippen LogP contribution in [0.3, 0.4) is 0 Å². The molecule has 1 heterocycles. The van der Waals surface area contributed by atoms with Crippen molar-refractivity contribution in [2.24, 2.45) is 5.10 Å². The van der Waals surface area contributed by atoms with Gasteiger partial charge >= 0.3 is 0 Å². The van der Waals surface area contributed by atoms with Gasteiger partial charge in [-0.1, -0.05) is 29.8 Å². The predicted octanol–water partition coefficient (Wildman–Crippen LogP) is 3.52. The maximum atomic E-state index is 12.2. The Morgan fingerprint density at radius 2 is 2.09 bits per heavy atom. The Labute approximate surface area is 133 Å². The molecule has 0 fully saturated rings. The Morgan fingerprint density at radius 1 is 1.26 bits per heavy atom. The number of rotatable bonds is 3. The molecule has 2 N–H and O–H groups in total. The number of hydrogen-bond acceptors (Lipinski definition) is 4. The van der Waals surface area contributed by atoms with Crippen molar-refractivity contribution in [1.82, 2.24) is 5.43 Å². The summed E-state index contributed by atoms with van der Waals surface area (Å²) in [6.07, 6.45) is 3.10. The zero-order valence-electron chi connectivity index (χ0n) is 12.8. The predicted molar refractivity (Wildman–Crippen MR) is 88.9 cm³/mol. The second kappa shape index (κ2) is 5.96. The second-order valence-corrected chi connectivity index (χ2v) is 5.37. The molecule has 0 saturated heterocycles. The summed E-state index contributed by atoms with van der Waals surface area (Å²) >= 11 is 0. The number of carbonyl (C=O) groups is 1. The number of phenolic OH excluding ortho intramolecular Hbond substituents is 1. The van der Waals surface area contributed by atoms with Crippen molar-refractivity contribution in [2.45, 2.75) is 13.8 Å². The van der Waals surface area contributed by atoms with E-state index in [2.05, 4.69) is 10.5 Å². The highest BCUT2D eigenvalue weighted by molar-refractivity contribution is 6.03. The summed E-state index contributed by atoms with van der Waals surface area (Å²) in [7, 11) is 0. The summed E-state index contributed by atoms with van der Waals surface area (Å²) in [5.74, 6) is -0.578. The van der Waals surface area contributed by atoms with Crippen molar-refractivity contribution in [1.29, 1.82) is 0 Å². The van der Waals surface area contributed by atoms with Gasteiger partial charge in [0.1, 0.15) is 11.3 Å². The number of amides is 1. The SMILES string of the molecule is Cc1cccc(/C=N/NC(=O)c2ccc3occ(C)c3c2O)c1. The van der Waals surface area contributed by atoms with Crippen LogP contribution in [0, 0.1) is 13.8 Å². The van der Waals surface area contributed by atoms with Crippen LogP contribution in [0.1, 0.15) is 27.0 Å². The molecule has 0 aliphatic rings. The fourth-order valence-electron chi connectivity index (χ4n) is 2.42. The molecule has 3 aromatic rings. The van der Waals surface area contributed by atoms with Crippen molar-refractivity contribution >= 4 is 23.1 Å². The van der Waals surface area contributed by atoms with Gasteiger partial charge in [-0.15, -0.1) is 0 Å². The quantitative estimate of drug-likeness (QED) is 0.574. The smallest absolute Gasteiger partial charge is 0.275 e. The molecule has 0 unspecified atom stereocenters. The van der Waals surface area contributed by atoms with Gasteiger partial charge in [0.15, 0.2) is 0 Å². The molecular weight excluding hydrogens is 292 g/mol. The van der Waals surface area contributed by atoms with E-state index in [1.807, 2.05) is 38.1 Å². The number of nitrogens with zero attached hydrogens (tertiary/aromatic N) is 1. The van der Waals surface area contributed by atoms with Crippen LogP contribution in [0.25, 0.3) is 11.0 Å². The van der Waals surface area contributed by atoms with E-state index >= 15 is 0 Å². The number of aryl methyl sites for hydroxylation is 2. The molecule has 1 amide bonds. The van der Waals surface area contributed by atoms with Crippen molar-refractivity contribution in [3.63, 3.8) is 0 Å². The van der Waals surface area contributed by atoms with Crippen LogP contribution in [0.15, 0.2) is 52.2 Å². The van der Waals surface area contributed by atoms with Gasteiger partial charge in [0.05, 0.1) is 23.4 Å². The monoisotopic (exact) mass is 308 g/mol. The van der Waals surface area contributed by atoms with Crippen LogP contribution in [0.2, 0.25) is 0 Å². The van der Waals surface area contributed by atoms with Crippen LogP contribution < -0.4 is 5.43 Å². The van der Waals surface area contributed by atoms with Crippen molar-refractivity contribution in [3.8, 4) is 5.75 Å². The van der Waals surface area contributed by atoms with Gasteiger partial charge in [-0.3, -0.25) is 4.79 Å². The molecule has 0 aliphatic heterocycles. The van der Waals surface area contributed by atoms with Crippen LogP contribution in [0.4, 0.5) is 0 Å². The molecule has 0 saturated carbocycles. The highest BCUT2D eigenvalue weighted by Gasteiger charge is 2.16. The largest absolute Gasteiger partial charge is 0.506 e. The lowest BCUT2D eigenvalue weighted by Crippen LogP contribution is -2.17. The minimum Gasteiger partial charge on any atom is -0.506 e. The number of hydrogen-bond donors (Lipinski definition) is 2. The van der Waals surface area contributed by atoms with Crippen LogP contribution >= 0.6 is 0 Å². The minimum atomic E-state index is -0.478. The van der Waals surface area contributed by atoms with Gasteiger partial charge in [-0.05, 0) is 37.1 Å². The number of aromatic hydroxyl groups is 1. The summed E-state index contributed by atoms with van der Waals surface area (Å²) in [6.45, 7) is 3.79. The third-order valence-electron chi connectivity index (χ3n) is 3.56. The average molecular weight is 308 g/mol. The van der Waals surface area contributed by atoms with Gasteiger partial charge in [-0.25, -0.2) is 5.43 Å². The molecule has 3 rings (SSSR count). The molecule has 0 aliphatic carbocycles. The highest BCUT2D eigenvalue weighted by Crippen LogP contribution is 2.32. The molecule has 116 valence electrons. The second-order valence-electron chi connectivity index (χ2n) is 5.37. The molecule has 1 aromatic heterocycles. The van der Waals surface area contributed by atoms with Gasteiger partial charge in [0.2, 0.25) is 0 Å². The number of nitrogens with one attached hydrogen (secondary N) is 1. The average Bonchev–Trinajstić information content (AvgIpc) is 2.90. The van der Waals surface area contributed by atoms with Gasteiger partial charge in [0.25, 0.3) is 5.91 Å². The highest BCUT2D eigenvalue weighted by atomic mass is 16.3. The lowest BCUT2D eigenvalue weighted by atomic mass is 10.1. The molecule has 0 spiro atoms. The molecule has 2 aromatic carbocycles. The third kappa shape index (κ3) is 2.94. The lowest BCUT2D eigenvalue weighted by molar-refractivity contribution is 0.0952. The van der Waals surface area contributed by atoms with E-state index in [0.717, 1.165) is 16.7 Å². The summed E-state index contributed by atoms with van der Waals surface area (Å²) in [6, 6.07) is 10.9. The molecule has 0 bridgehead atoms. The van der Waals surface area contributed by atoms with Gasteiger partial charge in [-0.2, -0.15) is 5.10 Å². The molecule has 5 heteroatoms. The molecule has 0 radical (unpaired) electrons. The fraction of sp³-hybridized carbons (Fsp3) is 0.111. The number of phenols is 1.